The average molecular weight is 406 g/mol. The van der Waals surface area contributed by atoms with Gasteiger partial charge < -0.3 is 4.90 Å². The van der Waals surface area contributed by atoms with E-state index in [2.05, 4.69) is 9.71 Å². The van der Waals surface area contributed by atoms with Gasteiger partial charge in [0.2, 0.25) is 0 Å². The normalized spacial score (nSPS) is 11.2. The molecule has 0 aliphatic carbocycles. The number of pyridine rings is 1. The van der Waals surface area contributed by atoms with Gasteiger partial charge in [-0.25, -0.2) is 13.4 Å². The monoisotopic (exact) mass is 405 g/mol. The number of hydrogen-bond donors (Lipinski definition) is 1. The molecule has 0 bridgehead atoms. The van der Waals surface area contributed by atoms with Gasteiger partial charge in [0.25, 0.3) is 15.3 Å². The quantitative estimate of drug-likeness (QED) is 0.614. The third kappa shape index (κ3) is 4.76. The van der Waals surface area contributed by atoms with Crippen molar-refractivity contribution in [3.8, 4) is 0 Å². The average Bonchev–Trinajstić information content (AvgIpc) is 2.46. The number of aromatic nitrogens is 1. The zero-order valence-electron chi connectivity index (χ0n) is 12.7. The fraction of sp³-hybridized carbons (Fsp3) is 0.143. The molecule has 0 aliphatic heterocycles. The molecule has 24 heavy (non-hydrogen) atoms. The van der Waals surface area contributed by atoms with Crippen molar-refractivity contribution in [2.24, 2.45) is 0 Å². The highest BCUT2D eigenvalue weighted by Gasteiger charge is 2.19. The number of carbonyl (C=O) groups is 1. The highest BCUT2D eigenvalue weighted by molar-refractivity contribution is 8.13. The van der Waals surface area contributed by atoms with Gasteiger partial charge in [-0.05, 0) is 42.1 Å². The molecule has 1 amide bonds. The van der Waals surface area contributed by atoms with E-state index in [1.165, 1.54) is 17.0 Å². The third-order valence-corrected chi connectivity index (χ3v) is 5.78. The molecule has 0 radical (unpaired) electrons. The van der Waals surface area contributed by atoms with Crippen molar-refractivity contribution in [3.63, 3.8) is 0 Å². The number of benzene rings is 1. The molecule has 2 rings (SSSR count). The zero-order chi connectivity index (χ0) is 17.9. The number of nitrogens with zero attached hydrogens (tertiary/aromatic N) is 2. The molecule has 1 heterocycles. The first-order valence-electron chi connectivity index (χ1n) is 6.53. The molecule has 0 saturated carbocycles. The molecule has 0 atom stereocenters. The van der Waals surface area contributed by atoms with Gasteiger partial charge in [-0.15, -0.1) is 0 Å². The lowest BCUT2D eigenvalue weighted by atomic mass is 10.3. The summed E-state index contributed by atoms with van der Waals surface area (Å²) in [5.74, 6) is 0. The summed E-state index contributed by atoms with van der Waals surface area (Å²) in [5.41, 5.74) is 0.303. The molecular formula is C14H13Cl2N3O3S2. The molecule has 1 aromatic carbocycles. The molecule has 0 fully saturated rings. The van der Waals surface area contributed by atoms with Crippen LogP contribution in [0, 0.1) is 0 Å². The van der Waals surface area contributed by atoms with E-state index in [9.17, 15) is 13.2 Å². The lowest BCUT2D eigenvalue weighted by Crippen LogP contribution is -2.16. The van der Waals surface area contributed by atoms with Crippen molar-refractivity contribution in [3.05, 3.63) is 46.7 Å². The molecule has 10 heteroatoms. The van der Waals surface area contributed by atoms with Gasteiger partial charge >= 0.3 is 0 Å². The Kier molecular flexibility index (Phi) is 5.97. The number of hydrogen-bond acceptors (Lipinski definition) is 5. The van der Waals surface area contributed by atoms with Crippen molar-refractivity contribution in [2.45, 2.75) is 9.79 Å². The maximum absolute atomic E-state index is 12.4. The first-order valence-corrected chi connectivity index (χ1v) is 9.58. The van der Waals surface area contributed by atoms with Crippen molar-refractivity contribution >= 4 is 55.9 Å². The number of rotatable bonds is 4. The summed E-state index contributed by atoms with van der Waals surface area (Å²) in [6.07, 6.45) is 0. The van der Waals surface area contributed by atoms with Gasteiger partial charge in [0.15, 0.2) is 5.15 Å². The summed E-state index contributed by atoms with van der Waals surface area (Å²) in [5, 5.41) is -0.289. The van der Waals surface area contributed by atoms with Crippen LogP contribution in [0.1, 0.15) is 0 Å². The van der Waals surface area contributed by atoms with Gasteiger partial charge in [-0.2, -0.15) is 0 Å². The van der Waals surface area contributed by atoms with Crippen LogP contribution in [-0.2, 0) is 10.0 Å². The predicted molar refractivity (Wildman–Crippen MR) is 96.4 cm³/mol. The number of carbonyl (C=O) groups excluding carboxylic acids is 1. The standard InChI is InChI=1S/C14H13Cl2N3O3S2/c1-19(2)14(20)23-10-5-3-4-9(8-10)18-24(21,22)11-6-7-12(15)17-13(11)16/h3-8,18H,1-2H3. The summed E-state index contributed by atoms with van der Waals surface area (Å²) >= 11 is 12.5. The highest BCUT2D eigenvalue weighted by atomic mass is 35.5. The fourth-order valence-electron chi connectivity index (χ4n) is 1.63. The Hall–Kier alpha value is -1.48. The van der Waals surface area contributed by atoms with Gasteiger partial charge in [0.1, 0.15) is 10.0 Å². The van der Waals surface area contributed by atoms with E-state index in [4.69, 9.17) is 23.2 Å². The van der Waals surface area contributed by atoms with Crippen LogP contribution in [-0.4, -0.2) is 37.6 Å². The summed E-state index contributed by atoms with van der Waals surface area (Å²) in [4.78, 5) is 17.3. The van der Waals surface area contributed by atoms with E-state index in [0.29, 0.717) is 10.6 Å². The number of sulfonamides is 1. The second kappa shape index (κ2) is 7.60. The molecule has 0 unspecified atom stereocenters. The van der Waals surface area contributed by atoms with Crippen molar-refractivity contribution < 1.29 is 13.2 Å². The first kappa shape index (κ1) is 18.9. The second-order valence-corrected chi connectivity index (χ2v) is 8.24. The number of nitrogens with one attached hydrogen (secondary N) is 1. The summed E-state index contributed by atoms with van der Waals surface area (Å²) < 4.78 is 27.2. The molecular weight excluding hydrogens is 393 g/mol. The van der Waals surface area contributed by atoms with E-state index in [1.807, 2.05) is 0 Å². The molecule has 128 valence electrons. The van der Waals surface area contributed by atoms with Crippen LogP contribution in [0.25, 0.3) is 0 Å². The molecule has 2 aromatic rings. The van der Waals surface area contributed by atoms with Gasteiger partial charge in [0.05, 0.1) is 0 Å². The number of thioether (sulfide) groups is 1. The Labute approximate surface area is 154 Å². The molecule has 6 nitrogen and oxygen atoms in total. The van der Waals surface area contributed by atoms with Crippen LogP contribution in [0.3, 0.4) is 0 Å². The molecule has 1 aromatic heterocycles. The van der Waals surface area contributed by atoms with Crippen molar-refractivity contribution in [1.82, 2.24) is 9.88 Å². The summed E-state index contributed by atoms with van der Waals surface area (Å²) in [6.45, 7) is 0. The van der Waals surface area contributed by atoms with Gasteiger partial charge in [-0.3, -0.25) is 9.52 Å². The zero-order valence-corrected chi connectivity index (χ0v) is 15.8. The molecule has 0 spiro atoms. The van der Waals surface area contributed by atoms with Crippen LogP contribution >= 0.6 is 35.0 Å². The maximum atomic E-state index is 12.4. The SMILES string of the molecule is CN(C)C(=O)Sc1cccc(NS(=O)(=O)c2ccc(Cl)nc2Cl)c1. The topological polar surface area (TPSA) is 79.4 Å². The Morgan fingerprint density at radius 3 is 2.54 bits per heavy atom. The maximum Gasteiger partial charge on any atom is 0.285 e. The smallest absolute Gasteiger partial charge is 0.285 e. The molecule has 1 N–H and O–H groups in total. The van der Waals surface area contributed by atoms with E-state index >= 15 is 0 Å². The number of amides is 1. The van der Waals surface area contributed by atoms with E-state index in [-0.39, 0.29) is 20.4 Å². The number of halogens is 2. The Balaban J connectivity index is 2.25. The van der Waals surface area contributed by atoms with Crippen LogP contribution < -0.4 is 4.72 Å². The minimum Gasteiger partial charge on any atom is -0.339 e. The van der Waals surface area contributed by atoms with Crippen LogP contribution in [0.5, 0.6) is 0 Å². The minimum absolute atomic E-state index is 0.0968. The first-order chi connectivity index (χ1) is 11.2. The van der Waals surface area contributed by atoms with E-state index in [0.717, 1.165) is 11.8 Å². The largest absolute Gasteiger partial charge is 0.339 e. The van der Waals surface area contributed by atoms with Crippen molar-refractivity contribution in [2.75, 3.05) is 18.8 Å². The van der Waals surface area contributed by atoms with E-state index < -0.39 is 10.0 Å². The summed E-state index contributed by atoms with van der Waals surface area (Å²) in [6, 6.07) is 9.09. The summed E-state index contributed by atoms with van der Waals surface area (Å²) in [7, 11) is -0.657. The number of anilines is 1. The van der Waals surface area contributed by atoms with Gasteiger partial charge in [-0.1, -0.05) is 29.3 Å². The van der Waals surface area contributed by atoms with Gasteiger partial charge in [0, 0.05) is 24.7 Å². The molecule has 0 saturated heterocycles. The Bertz CT molecular complexity index is 873. The highest BCUT2D eigenvalue weighted by Crippen LogP contribution is 2.27. The van der Waals surface area contributed by atoms with Crippen LogP contribution in [0.4, 0.5) is 10.5 Å². The lowest BCUT2D eigenvalue weighted by Gasteiger charge is -2.12. The van der Waals surface area contributed by atoms with Crippen LogP contribution in [0.2, 0.25) is 10.3 Å². The fourth-order valence-corrected chi connectivity index (χ4v) is 4.05. The van der Waals surface area contributed by atoms with Crippen molar-refractivity contribution in [1.29, 1.82) is 0 Å². The van der Waals surface area contributed by atoms with E-state index in [1.54, 1.807) is 38.4 Å². The minimum atomic E-state index is -3.93. The molecule has 0 aliphatic rings. The Morgan fingerprint density at radius 1 is 1.21 bits per heavy atom. The third-order valence-electron chi connectivity index (χ3n) is 2.73. The lowest BCUT2D eigenvalue weighted by molar-refractivity contribution is 0.241. The second-order valence-electron chi connectivity index (χ2n) is 4.82. The predicted octanol–water partition coefficient (Wildman–Crippen LogP) is 3.96. The Morgan fingerprint density at radius 2 is 1.92 bits per heavy atom. The van der Waals surface area contributed by atoms with Crippen LogP contribution in [0.15, 0.2) is 46.2 Å².